The third kappa shape index (κ3) is 3.50. The third-order valence-corrected chi connectivity index (χ3v) is 6.22. The Morgan fingerprint density at radius 1 is 1.12 bits per heavy atom. The minimum Gasteiger partial charge on any atom is -0.335 e. The number of fused-ring (bicyclic) bond motifs is 2. The quantitative estimate of drug-likeness (QED) is 0.327. The maximum atomic E-state index is 11.8. The number of pyridine rings is 3. The van der Waals surface area contributed by atoms with E-state index in [0.29, 0.717) is 35.0 Å². The van der Waals surface area contributed by atoms with Crippen LogP contribution >= 0.6 is 11.3 Å². The lowest BCUT2D eigenvalue weighted by Crippen LogP contribution is -2.09. The summed E-state index contributed by atoms with van der Waals surface area (Å²) in [6.07, 6.45) is 7.23. The fraction of sp³-hybridized carbons (Fsp3) is 0.0833. The van der Waals surface area contributed by atoms with Crippen LogP contribution in [0.25, 0.3) is 56.0 Å². The number of aromatic nitrogens is 7. The Labute approximate surface area is 197 Å². The summed E-state index contributed by atoms with van der Waals surface area (Å²) in [5.74, 6) is 0.551. The molecule has 0 aliphatic heterocycles. The van der Waals surface area contributed by atoms with Gasteiger partial charge in [-0.1, -0.05) is 6.92 Å². The maximum absolute atomic E-state index is 11.8. The number of nitrogens with one attached hydrogen (secondary N) is 3. The molecular formula is C24H18N8OS. The number of nitrogens with zero attached hydrogens (tertiary/aromatic N) is 5. The van der Waals surface area contributed by atoms with Crippen molar-refractivity contribution in [3.8, 4) is 33.9 Å². The predicted molar refractivity (Wildman–Crippen MR) is 132 cm³/mol. The molecule has 0 aliphatic rings. The van der Waals surface area contributed by atoms with Crippen LogP contribution in [-0.2, 0) is 4.79 Å². The highest BCUT2D eigenvalue weighted by Gasteiger charge is 2.17. The van der Waals surface area contributed by atoms with Crippen LogP contribution in [0.4, 0.5) is 5.69 Å². The fourth-order valence-electron chi connectivity index (χ4n) is 3.83. The summed E-state index contributed by atoms with van der Waals surface area (Å²) in [5, 5.41) is 15.4. The summed E-state index contributed by atoms with van der Waals surface area (Å²) in [6.45, 7) is 1.80. The van der Waals surface area contributed by atoms with Gasteiger partial charge < -0.3 is 10.3 Å². The minimum atomic E-state index is -0.0696. The molecule has 0 aromatic carbocycles. The number of thiophene rings is 1. The molecule has 0 unspecified atom stereocenters. The predicted octanol–water partition coefficient (Wildman–Crippen LogP) is 5.04. The van der Waals surface area contributed by atoms with Gasteiger partial charge in [0.05, 0.1) is 34.8 Å². The van der Waals surface area contributed by atoms with Gasteiger partial charge in [0.25, 0.3) is 0 Å². The van der Waals surface area contributed by atoms with Crippen LogP contribution in [0.3, 0.4) is 0 Å². The van der Waals surface area contributed by atoms with Crippen LogP contribution < -0.4 is 5.32 Å². The van der Waals surface area contributed by atoms with Crippen molar-refractivity contribution in [2.24, 2.45) is 0 Å². The van der Waals surface area contributed by atoms with Gasteiger partial charge in [-0.2, -0.15) is 16.4 Å². The number of carbonyl (C=O) groups is 1. The summed E-state index contributed by atoms with van der Waals surface area (Å²) in [5.41, 5.74) is 7.25. The average molecular weight is 467 g/mol. The number of H-pyrrole nitrogens is 2. The van der Waals surface area contributed by atoms with Gasteiger partial charge in [-0.15, -0.1) is 0 Å². The monoisotopic (exact) mass is 466 g/mol. The Morgan fingerprint density at radius 2 is 2.06 bits per heavy atom. The highest BCUT2D eigenvalue weighted by atomic mass is 32.1. The molecular weight excluding hydrogens is 448 g/mol. The molecule has 34 heavy (non-hydrogen) atoms. The first-order chi connectivity index (χ1) is 16.7. The number of rotatable bonds is 5. The van der Waals surface area contributed by atoms with Gasteiger partial charge >= 0.3 is 0 Å². The topological polar surface area (TPSA) is 125 Å². The Kier molecular flexibility index (Phi) is 4.84. The van der Waals surface area contributed by atoms with Crippen LogP contribution in [0, 0.1) is 0 Å². The van der Waals surface area contributed by atoms with E-state index in [1.54, 1.807) is 43.0 Å². The van der Waals surface area contributed by atoms with E-state index >= 15 is 0 Å². The van der Waals surface area contributed by atoms with Crippen molar-refractivity contribution in [3.05, 3.63) is 59.8 Å². The summed E-state index contributed by atoms with van der Waals surface area (Å²) in [7, 11) is 0. The zero-order chi connectivity index (χ0) is 23.1. The molecule has 6 aromatic rings. The van der Waals surface area contributed by atoms with Crippen LogP contribution in [0.2, 0.25) is 0 Å². The van der Waals surface area contributed by atoms with Gasteiger partial charge in [-0.25, -0.2) is 9.97 Å². The molecule has 0 spiro atoms. The SMILES string of the molecule is CCC(=O)Nc1cncc(-c2cc3c(-c4nc5nccc(-c6ccsc6)c5[nH]4)n[nH]c3cn2)c1. The highest BCUT2D eigenvalue weighted by Crippen LogP contribution is 2.32. The number of imidazole rings is 1. The standard InChI is InChI=1S/C24H18N8OS/c1-2-20(33)28-15-7-14(9-25-10-15)18-8-17-19(11-27-18)31-32-22(17)24-29-21-16(13-4-6-34-12-13)3-5-26-23(21)30-24/h3-12H,2H2,1H3,(H,28,33)(H,31,32)(H,26,29,30). The largest absolute Gasteiger partial charge is 0.335 e. The molecule has 166 valence electrons. The zero-order valence-corrected chi connectivity index (χ0v) is 18.8. The van der Waals surface area contributed by atoms with Crippen LogP contribution in [0.1, 0.15) is 13.3 Å². The first-order valence-electron chi connectivity index (χ1n) is 10.7. The van der Waals surface area contributed by atoms with Crippen molar-refractivity contribution in [1.82, 2.24) is 35.1 Å². The van der Waals surface area contributed by atoms with E-state index < -0.39 is 0 Å². The molecule has 1 amide bonds. The molecule has 0 radical (unpaired) electrons. The normalized spacial score (nSPS) is 11.3. The van der Waals surface area contributed by atoms with Gasteiger partial charge in [0.2, 0.25) is 5.91 Å². The molecule has 6 aromatic heterocycles. The molecule has 6 rings (SSSR count). The number of carbonyl (C=O) groups excluding carboxylic acids is 1. The smallest absolute Gasteiger partial charge is 0.224 e. The molecule has 0 atom stereocenters. The molecule has 0 fully saturated rings. The van der Waals surface area contributed by atoms with Crippen molar-refractivity contribution in [3.63, 3.8) is 0 Å². The summed E-state index contributed by atoms with van der Waals surface area (Å²) >= 11 is 1.65. The first-order valence-corrected chi connectivity index (χ1v) is 11.6. The number of aromatic amines is 2. The van der Waals surface area contributed by atoms with E-state index in [-0.39, 0.29) is 5.91 Å². The molecule has 0 saturated heterocycles. The van der Waals surface area contributed by atoms with Crippen molar-refractivity contribution >= 4 is 45.0 Å². The van der Waals surface area contributed by atoms with E-state index in [0.717, 1.165) is 33.1 Å². The molecule has 0 aliphatic carbocycles. The highest BCUT2D eigenvalue weighted by molar-refractivity contribution is 7.08. The molecule has 9 nitrogen and oxygen atoms in total. The maximum Gasteiger partial charge on any atom is 0.224 e. The van der Waals surface area contributed by atoms with Gasteiger partial charge in [0.1, 0.15) is 5.69 Å². The molecule has 0 bridgehead atoms. The number of anilines is 1. The van der Waals surface area contributed by atoms with Crippen molar-refractivity contribution in [2.75, 3.05) is 5.32 Å². The van der Waals surface area contributed by atoms with Gasteiger partial charge in [-0.05, 0) is 40.6 Å². The Bertz CT molecular complexity index is 1650. The van der Waals surface area contributed by atoms with Crippen LogP contribution in [0.15, 0.2) is 59.8 Å². The summed E-state index contributed by atoms with van der Waals surface area (Å²) < 4.78 is 0. The van der Waals surface area contributed by atoms with Gasteiger partial charge in [0, 0.05) is 35.3 Å². The van der Waals surface area contributed by atoms with Crippen molar-refractivity contribution in [1.29, 1.82) is 0 Å². The third-order valence-electron chi connectivity index (χ3n) is 5.53. The number of amides is 1. The van der Waals surface area contributed by atoms with Crippen LogP contribution in [0.5, 0.6) is 0 Å². The lowest BCUT2D eigenvalue weighted by molar-refractivity contribution is -0.115. The molecule has 3 N–H and O–H groups in total. The van der Waals surface area contributed by atoms with Crippen molar-refractivity contribution in [2.45, 2.75) is 13.3 Å². The molecule has 10 heteroatoms. The van der Waals surface area contributed by atoms with Crippen LogP contribution in [-0.4, -0.2) is 41.0 Å². The lowest BCUT2D eigenvalue weighted by Gasteiger charge is -2.06. The Morgan fingerprint density at radius 3 is 2.91 bits per heavy atom. The first kappa shape index (κ1) is 20.2. The molecule has 0 saturated carbocycles. The average Bonchev–Trinajstić information content (AvgIpc) is 3.62. The second-order valence-corrected chi connectivity index (χ2v) is 8.49. The van der Waals surface area contributed by atoms with E-state index in [9.17, 15) is 4.79 Å². The minimum absolute atomic E-state index is 0.0696. The fourth-order valence-corrected chi connectivity index (χ4v) is 4.49. The summed E-state index contributed by atoms with van der Waals surface area (Å²) in [6, 6.07) is 7.85. The number of hydrogen-bond donors (Lipinski definition) is 3. The van der Waals surface area contributed by atoms with E-state index in [1.165, 1.54) is 0 Å². The van der Waals surface area contributed by atoms with Gasteiger partial charge in [-0.3, -0.25) is 19.9 Å². The number of hydrogen-bond acceptors (Lipinski definition) is 7. The second-order valence-electron chi connectivity index (χ2n) is 7.71. The second kappa shape index (κ2) is 8.16. The van der Waals surface area contributed by atoms with E-state index in [4.69, 9.17) is 4.98 Å². The lowest BCUT2D eigenvalue weighted by atomic mass is 10.1. The van der Waals surface area contributed by atoms with E-state index in [1.807, 2.05) is 23.6 Å². The summed E-state index contributed by atoms with van der Waals surface area (Å²) in [4.78, 5) is 33.1. The van der Waals surface area contributed by atoms with Crippen molar-refractivity contribution < 1.29 is 4.79 Å². The Balaban J connectivity index is 1.43. The zero-order valence-electron chi connectivity index (χ0n) is 18.0. The molecule has 6 heterocycles. The van der Waals surface area contributed by atoms with Gasteiger partial charge in [0.15, 0.2) is 11.5 Å². The van der Waals surface area contributed by atoms with E-state index in [2.05, 4.69) is 46.9 Å². The Hall–Kier alpha value is -4.44.